The van der Waals surface area contributed by atoms with Gasteiger partial charge in [-0.3, -0.25) is 0 Å². The summed E-state index contributed by atoms with van der Waals surface area (Å²) in [7, 11) is 0. The number of oxazole rings is 1. The number of nitrogens with one attached hydrogen (secondary N) is 1. The molecule has 1 N–H and O–H groups in total. The van der Waals surface area contributed by atoms with Gasteiger partial charge in [-0.15, -0.1) is 0 Å². The Hall–Kier alpha value is -0.870. The highest BCUT2D eigenvalue weighted by atomic mass is 16.5. The molecule has 102 valence electrons. The number of hydrogen-bond donors (Lipinski definition) is 1. The topological polar surface area (TPSA) is 47.3 Å². The maximum absolute atomic E-state index is 5.76. The third kappa shape index (κ3) is 3.56. The van der Waals surface area contributed by atoms with Gasteiger partial charge in [-0.2, -0.15) is 0 Å². The summed E-state index contributed by atoms with van der Waals surface area (Å²) in [6.07, 6.45) is 5.26. The second-order valence-electron chi connectivity index (χ2n) is 5.33. The van der Waals surface area contributed by atoms with Crippen molar-refractivity contribution in [3.05, 3.63) is 17.8 Å². The van der Waals surface area contributed by atoms with Gasteiger partial charge in [0.15, 0.2) is 0 Å². The molecular formula is C14H24N2O2. The lowest BCUT2D eigenvalue weighted by atomic mass is 9.95. The van der Waals surface area contributed by atoms with Crippen LogP contribution in [0.4, 0.5) is 0 Å². The zero-order valence-corrected chi connectivity index (χ0v) is 11.6. The molecule has 0 spiro atoms. The smallest absolute Gasteiger partial charge is 0.208 e. The summed E-state index contributed by atoms with van der Waals surface area (Å²) in [5.41, 5.74) is 0. The highest BCUT2D eigenvalue weighted by molar-refractivity contribution is 4.93. The van der Waals surface area contributed by atoms with Crippen molar-refractivity contribution in [3.63, 3.8) is 0 Å². The van der Waals surface area contributed by atoms with Crippen LogP contribution in [0.25, 0.3) is 0 Å². The molecule has 2 rings (SSSR count). The van der Waals surface area contributed by atoms with Crippen molar-refractivity contribution in [2.24, 2.45) is 5.92 Å². The lowest BCUT2D eigenvalue weighted by Gasteiger charge is -2.32. The summed E-state index contributed by atoms with van der Waals surface area (Å²) in [6.45, 7) is 8.08. The average molecular weight is 252 g/mol. The lowest BCUT2D eigenvalue weighted by Crippen LogP contribution is -2.40. The molecule has 4 nitrogen and oxygen atoms in total. The van der Waals surface area contributed by atoms with Crippen LogP contribution in [0.3, 0.4) is 0 Å². The number of ether oxygens (including phenoxy) is 1. The number of nitrogens with zero attached hydrogens (tertiary/aromatic N) is 1. The highest BCUT2D eigenvalue weighted by Gasteiger charge is 2.24. The number of rotatable bonds is 5. The molecular weight excluding hydrogens is 228 g/mol. The maximum atomic E-state index is 5.76. The third-order valence-electron chi connectivity index (χ3n) is 3.55. The van der Waals surface area contributed by atoms with Gasteiger partial charge in [0.2, 0.25) is 5.89 Å². The Kier molecular flexibility index (Phi) is 4.78. The van der Waals surface area contributed by atoms with E-state index in [-0.39, 0.29) is 0 Å². The summed E-state index contributed by atoms with van der Waals surface area (Å²) in [5, 5.41) is 3.52. The molecule has 0 saturated carbocycles. The molecule has 2 unspecified atom stereocenters. The van der Waals surface area contributed by atoms with Gasteiger partial charge in [0.05, 0.1) is 18.8 Å². The maximum Gasteiger partial charge on any atom is 0.208 e. The fourth-order valence-corrected chi connectivity index (χ4v) is 2.30. The zero-order valence-electron chi connectivity index (χ0n) is 11.6. The Bertz CT molecular complexity index is 362. The van der Waals surface area contributed by atoms with Crippen LogP contribution in [0.1, 0.15) is 45.3 Å². The molecule has 2 heterocycles. The van der Waals surface area contributed by atoms with Gasteiger partial charge in [-0.25, -0.2) is 4.98 Å². The van der Waals surface area contributed by atoms with Crippen molar-refractivity contribution < 1.29 is 9.15 Å². The molecule has 1 aliphatic rings. The van der Waals surface area contributed by atoms with Gasteiger partial charge in [-0.05, 0) is 18.8 Å². The van der Waals surface area contributed by atoms with Crippen molar-refractivity contribution in [3.8, 4) is 0 Å². The van der Waals surface area contributed by atoms with E-state index < -0.39 is 0 Å². The summed E-state index contributed by atoms with van der Waals surface area (Å²) in [6, 6.07) is 0.517. The van der Waals surface area contributed by atoms with Crippen LogP contribution >= 0.6 is 0 Å². The molecule has 0 bridgehead atoms. The van der Waals surface area contributed by atoms with Crippen LogP contribution in [0.5, 0.6) is 0 Å². The molecule has 1 fully saturated rings. The van der Waals surface area contributed by atoms with E-state index in [1.54, 1.807) is 0 Å². The van der Waals surface area contributed by atoms with E-state index in [1.807, 2.05) is 6.20 Å². The van der Waals surface area contributed by atoms with Gasteiger partial charge >= 0.3 is 0 Å². The van der Waals surface area contributed by atoms with E-state index in [9.17, 15) is 0 Å². The fraction of sp³-hybridized carbons (Fsp3) is 0.786. The van der Waals surface area contributed by atoms with Crippen molar-refractivity contribution >= 4 is 0 Å². The fourth-order valence-electron chi connectivity index (χ4n) is 2.30. The zero-order chi connectivity index (χ0) is 13.0. The highest BCUT2D eigenvalue weighted by Crippen LogP contribution is 2.20. The van der Waals surface area contributed by atoms with E-state index in [2.05, 4.69) is 31.1 Å². The Balaban J connectivity index is 1.79. The van der Waals surface area contributed by atoms with Gasteiger partial charge in [-0.1, -0.05) is 20.8 Å². The van der Waals surface area contributed by atoms with Crippen molar-refractivity contribution in [2.45, 2.75) is 58.7 Å². The first-order valence-corrected chi connectivity index (χ1v) is 6.97. The van der Waals surface area contributed by atoms with Gasteiger partial charge < -0.3 is 14.5 Å². The summed E-state index contributed by atoms with van der Waals surface area (Å²) >= 11 is 0. The Morgan fingerprint density at radius 2 is 2.33 bits per heavy atom. The molecule has 1 saturated heterocycles. The van der Waals surface area contributed by atoms with Crippen LogP contribution in [0, 0.1) is 5.92 Å². The molecule has 1 aromatic rings. The molecule has 0 amide bonds. The minimum Gasteiger partial charge on any atom is -0.444 e. The molecule has 0 aliphatic carbocycles. The van der Waals surface area contributed by atoms with Crippen LogP contribution < -0.4 is 5.32 Å². The van der Waals surface area contributed by atoms with Crippen molar-refractivity contribution in [2.75, 3.05) is 6.61 Å². The minimum absolute atomic E-state index is 0.381. The summed E-state index contributed by atoms with van der Waals surface area (Å²) in [5.74, 6) is 2.33. The number of aryl methyl sites for hydroxylation is 1. The van der Waals surface area contributed by atoms with E-state index in [0.717, 1.165) is 44.1 Å². The second kappa shape index (κ2) is 6.34. The Morgan fingerprint density at radius 1 is 1.50 bits per heavy atom. The number of hydrogen-bond acceptors (Lipinski definition) is 4. The van der Waals surface area contributed by atoms with Crippen molar-refractivity contribution in [1.82, 2.24) is 10.3 Å². The van der Waals surface area contributed by atoms with Crippen molar-refractivity contribution in [1.29, 1.82) is 0 Å². The minimum atomic E-state index is 0.381. The van der Waals surface area contributed by atoms with Gasteiger partial charge in [0.25, 0.3) is 0 Å². The first kappa shape index (κ1) is 13.6. The Labute approximate surface area is 109 Å². The normalized spacial score (nSPS) is 24.7. The third-order valence-corrected chi connectivity index (χ3v) is 3.55. The van der Waals surface area contributed by atoms with E-state index in [4.69, 9.17) is 9.15 Å². The van der Waals surface area contributed by atoms with E-state index >= 15 is 0 Å². The monoisotopic (exact) mass is 252 g/mol. The van der Waals surface area contributed by atoms with E-state index in [0.29, 0.717) is 18.1 Å². The predicted octanol–water partition coefficient (Wildman–Crippen LogP) is 2.53. The molecule has 4 heteroatoms. The molecule has 2 atom stereocenters. The number of aromatic nitrogens is 1. The van der Waals surface area contributed by atoms with Crippen LogP contribution in [-0.2, 0) is 17.7 Å². The second-order valence-corrected chi connectivity index (χ2v) is 5.33. The summed E-state index contributed by atoms with van der Waals surface area (Å²) in [4.78, 5) is 4.27. The van der Waals surface area contributed by atoms with Gasteiger partial charge in [0.1, 0.15) is 5.76 Å². The largest absolute Gasteiger partial charge is 0.444 e. The first-order chi connectivity index (χ1) is 8.69. The van der Waals surface area contributed by atoms with E-state index in [1.165, 1.54) is 0 Å². The quantitative estimate of drug-likeness (QED) is 0.874. The summed E-state index contributed by atoms with van der Waals surface area (Å²) < 4.78 is 11.4. The molecule has 18 heavy (non-hydrogen) atoms. The molecule has 0 radical (unpaired) electrons. The van der Waals surface area contributed by atoms with Crippen LogP contribution in [0.2, 0.25) is 0 Å². The average Bonchev–Trinajstić information content (AvgIpc) is 2.84. The van der Waals surface area contributed by atoms with Crippen LogP contribution in [0.15, 0.2) is 10.6 Å². The molecule has 1 aromatic heterocycles. The molecule has 1 aliphatic heterocycles. The first-order valence-electron chi connectivity index (χ1n) is 6.97. The van der Waals surface area contributed by atoms with Crippen LogP contribution in [-0.4, -0.2) is 23.7 Å². The Morgan fingerprint density at radius 3 is 3.00 bits per heavy atom. The standard InChI is InChI=1S/C14H24N2O2/c1-4-12-8-16-14(18-12)9-15-11-5-6-17-13(7-11)10(2)3/h8,10-11,13,15H,4-7,9H2,1-3H3. The lowest BCUT2D eigenvalue weighted by molar-refractivity contribution is -0.0248. The SMILES string of the molecule is CCc1cnc(CNC2CCOC(C(C)C)C2)o1. The van der Waals surface area contributed by atoms with Gasteiger partial charge in [0, 0.05) is 19.1 Å². The predicted molar refractivity (Wildman–Crippen MR) is 70.3 cm³/mol. The molecule has 0 aromatic carbocycles.